The Morgan fingerprint density at radius 2 is 1.76 bits per heavy atom. The fraction of sp³-hybridized carbons (Fsp3) is 0.160. The number of nitrogens with one attached hydrogen (secondary N) is 2. The number of para-hydroxylation sites is 1. The van der Waals surface area contributed by atoms with E-state index in [0.29, 0.717) is 29.2 Å². The van der Waals surface area contributed by atoms with Crippen molar-refractivity contribution in [1.29, 1.82) is 0 Å². The van der Waals surface area contributed by atoms with Crippen LogP contribution in [0.3, 0.4) is 0 Å². The van der Waals surface area contributed by atoms with Crippen molar-refractivity contribution in [3.8, 4) is 11.5 Å². The summed E-state index contributed by atoms with van der Waals surface area (Å²) in [6.45, 7) is 4.05. The second kappa shape index (κ2) is 12.0. The van der Waals surface area contributed by atoms with Gasteiger partial charge >= 0.3 is 0 Å². The van der Waals surface area contributed by atoms with Gasteiger partial charge in [-0.15, -0.1) is 0 Å². The summed E-state index contributed by atoms with van der Waals surface area (Å²) in [5.41, 5.74) is 5.46. The predicted molar refractivity (Wildman–Crippen MR) is 137 cm³/mol. The molecule has 2 amide bonds. The normalized spacial score (nSPS) is 10.6. The molecule has 3 rings (SSSR count). The van der Waals surface area contributed by atoms with Crippen molar-refractivity contribution in [3.63, 3.8) is 0 Å². The van der Waals surface area contributed by atoms with Gasteiger partial charge in [0.05, 0.1) is 16.4 Å². The van der Waals surface area contributed by atoms with Gasteiger partial charge in [-0.1, -0.05) is 36.4 Å². The Balaban J connectivity index is 1.67. The molecule has 33 heavy (non-hydrogen) atoms. The van der Waals surface area contributed by atoms with Crippen LogP contribution < -0.4 is 20.2 Å². The average molecular weight is 557 g/mol. The summed E-state index contributed by atoms with van der Waals surface area (Å²) in [5.74, 6) is 0.398. The van der Waals surface area contributed by atoms with Crippen molar-refractivity contribution in [2.45, 2.75) is 13.8 Å². The number of rotatable bonds is 9. The fourth-order valence-corrected chi connectivity index (χ4v) is 3.70. The molecule has 3 aromatic carbocycles. The number of ether oxygens (including phenoxy) is 2. The number of carbonyl (C=O) groups excluding carboxylic acids is 2. The fourth-order valence-electron chi connectivity index (χ4n) is 2.92. The first kappa shape index (κ1) is 24.2. The molecule has 0 fully saturated rings. The molecule has 0 spiro atoms. The maximum atomic E-state index is 12.4. The van der Waals surface area contributed by atoms with Crippen LogP contribution in [0.2, 0.25) is 0 Å². The number of hydrogen-bond donors (Lipinski definition) is 2. The number of benzene rings is 3. The molecule has 170 valence electrons. The van der Waals surface area contributed by atoms with E-state index in [1.807, 2.05) is 50.2 Å². The highest BCUT2D eigenvalue weighted by atomic mass is 127. The topological polar surface area (TPSA) is 89.0 Å². The van der Waals surface area contributed by atoms with Crippen LogP contribution in [-0.2, 0) is 4.79 Å². The number of aryl methyl sites for hydroxylation is 1. The van der Waals surface area contributed by atoms with E-state index in [9.17, 15) is 9.59 Å². The number of carbonyl (C=O) groups is 2. The molecule has 8 heteroatoms. The Morgan fingerprint density at radius 3 is 2.48 bits per heavy atom. The van der Waals surface area contributed by atoms with Crippen LogP contribution in [0.25, 0.3) is 0 Å². The first-order chi connectivity index (χ1) is 16.0. The van der Waals surface area contributed by atoms with Gasteiger partial charge in [-0.2, -0.15) is 5.10 Å². The smallest absolute Gasteiger partial charge is 0.271 e. The highest BCUT2D eigenvalue weighted by Gasteiger charge is 2.14. The minimum Gasteiger partial charge on any atom is -0.490 e. The van der Waals surface area contributed by atoms with Crippen LogP contribution in [0.15, 0.2) is 71.8 Å². The van der Waals surface area contributed by atoms with Gasteiger partial charge in [0.2, 0.25) is 0 Å². The van der Waals surface area contributed by atoms with Gasteiger partial charge < -0.3 is 14.8 Å². The SMILES string of the molecule is CCOc1cc(/C=N/NC(=O)c2ccccc2)cc(I)c1OCC(=O)Nc1ccccc1C. The molecule has 0 bridgehead atoms. The van der Waals surface area contributed by atoms with Crippen LogP contribution in [0.4, 0.5) is 5.69 Å². The second-order valence-corrected chi connectivity index (χ2v) is 8.14. The molecule has 0 radical (unpaired) electrons. The summed E-state index contributed by atoms with van der Waals surface area (Å²) in [5, 5.41) is 6.88. The van der Waals surface area contributed by atoms with Crippen LogP contribution in [-0.4, -0.2) is 31.2 Å². The maximum Gasteiger partial charge on any atom is 0.271 e. The molecule has 3 aromatic rings. The van der Waals surface area contributed by atoms with Crippen LogP contribution in [0.5, 0.6) is 11.5 Å². The van der Waals surface area contributed by atoms with Crippen LogP contribution >= 0.6 is 22.6 Å². The first-order valence-corrected chi connectivity index (χ1v) is 11.4. The molecule has 0 unspecified atom stereocenters. The number of hydrazone groups is 1. The summed E-state index contributed by atoms with van der Waals surface area (Å²) in [6.07, 6.45) is 1.53. The monoisotopic (exact) mass is 557 g/mol. The number of amides is 2. The van der Waals surface area contributed by atoms with E-state index in [0.717, 1.165) is 14.8 Å². The Morgan fingerprint density at radius 1 is 1.03 bits per heavy atom. The molecule has 0 aliphatic heterocycles. The molecule has 0 heterocycles. The van der Waals surface area contributed by atoms with Gasteiger partial charge in [0, 0.05) is 11.3 Å². The zero-order chi connectivity index (χ0) is 23.6. The average Bonchev–Trinajstić information content (AvgIpc) is 2.81. The third-order valence-electron chi connectivity index (χ3n) is 4.51. The van der Waals surface area contributed by atoms with E-state index in [4.69, 9.17) is 9.47 Å². The summed E-state index contributed by atoms with van der Waals surface area (Å²) in [6, 6.07) is 20.0. The number of nitrogens with zero attached hydrogens (tertiary/aromatic N) is 1. The third-order valence-corrected chi connectivity index (χ3v) is 5.32. The van der Waals surface area contributed by atoms with Crippen molar-refractivity contribution in [2.24, 2.45) is 5.10 Å². The molecule has 0 aromatic heterocycles. The predicted octanol–water partition coefficient (Wildman–Crippen LogP) is 4.78. The van der Waals surface area contributed by atoms with Crippen LogP contribution in [0.1, 0.15) is 28.4 Å². The summed E-state index contributed by atoms with van der Waals surface area (Å²) in [4.78, 5) is 24.5. The summed E-state index contributed by atoms with van der Waals surface area (Å²) in [7, 11) is 0. The van der Waals surface area contributed by atoms with Gasteiger partial charge in [-0.3, -0.25) is 9.59 Å². The lowest BCUT2D eigenvalue weighted by atomic mass is 10.2. The molecule has 0 atom stereocenters. The lowest BCUT2D eigenvalue weighted by Crippen LogP contribution is -2.21. The Labute approximate surface area is 206 Å². The van der Waals surface area contributed by atoms with E-state index in [2.05, 4.69) is 38.4 Å². The Bertz CT molecular complexity index is 1150. The van der Waals surface area contributed by atoms with Crippen molar-refractivity contribution in [1.82, 2.24) is 5.43 Å². The van der Waals surface area contributed by atoms with Gasteiger partial charge in [0.25, 0.3) is 11.8 Å². The highest BCUT2D eigenvalue weighted by molar-refractivity contribution is 14.1. The molecule has 2 N–H and O–H groups in total. The van der Waals surface area contributed by atoms with Crippen LogP contribution in [0, 0.1) is 10.5 Å². The van der Waals surface area contributed by atoms with E-state index >= 15 is 0 Å². The molecular weight excluding hydrogens is 533 g/mol. The number of anilines is 1. The molecule has 0 aliphatic rings. The number of halogens is 1. The molecule has 0 saturated heterocycles. The lowest BCUT2D eigenvalue weighted by molar-refractivity contribution is -0.118. The maximum absolute atomic E-state index is 12.4. The van der Waals surface area contributed by atoms with Crippen molar-refractivity contribution in [2.75, 3.05) is 18.5 Å². The van der Waals surface area contributed by atoms with Gasteiger partial charge in [-0.05, 0) is 77.9 Å². The minimum atomic E-state index is -0.300. The van der Waals surface area contributed by atoms with Crippen molar-refractivity contribution < 1.29 is 19.1 Å². The summed E-state index contributed by atoms with van der Waals surface area (Å²) < 4.78 is 12.3. The largest absolute Gasteiger partial charge is 0.490 e. The molecule has 0 saturated carbocycles. The molecule has 0 aliphatic carbocycles. The summed E-state index contributed by atoms with van der Waals surface area (Å²) >= 11 is 2.12. The minimum absolute atomic E-state index is 0.162. The zero-order valence-corrected chi connectivity index (χ0v) is 20.5. The standard InChI is InChI=1S/C25H24IN3O4/c1-3-32-22-14-18(15-27-29-25(31)19-10-5-4-6-11-19)13-20(26)24(22)33-16-23(30)28-21-12-8-7-9-17(21)2/h4-15H,3,16H2,1-2H3,(H,28,30)(H,29,31)/b27-15+. The van der Waals surface area contributed by atoms with Gasteiger partial charge in [0.15, 0.2) is 18.1 Å². The first-order valence-electron chi connectivity index (χ1n) is 10.3. The molecule has 7 nitrogen and oxygen atoms in total. The lowest BCUT2D eigenvalue weighted by Gasteiger charge is -2.15. The zero-order valence-electron chi connectivity index (χ0n) is 18.3. The van der Waals surface area contributed by atoms with E-state index < -0.39 is 0 Å². The van der Waals surface area contributed by atoms with Gasteiger partial charge in [-0.25, -0.2) is 5.43 Å². The third kappa shape index (κ3) is 7.04. The van der Waals surface area contributed by atoms with E-state index in [1.165, 1.54) is 6.21 Å². The quantitative estimate of drug-likeness (QED) is 0.225. The molecular formula is C25H24IN3O4. The second-order valence-electron chi connectivity index (χ2n) is 6.98. The number of hydrogen-bond acceptors (Lipinski definition) is 5. The van der Waals surface area contributed by atoms with E-state index in [-0.39, 0.29) is 18.4 Å². The Kier molecular flexibility index (Phi) is 8.82. The van der Waals surface area contributed by atoms with Crippen molar-refractivity contribution >= 4 is 46.3 Å². The van der Waals surface area contributed by atoms with Crippen molar-refractivity contribution in [3.05, 3.63) is 87.0 Å². The highest BCUT2D eigenvalue weighted by Crippen LogP contribution is 2.34. The van der Waals surface area contributed by atoms with Gasteiger partial charge in [0.1, 0.15) is 0 Å². The van der Waals surface area contributed by atoms with E-state index in [1.54, 1.807) is 30.3 Å². The Hall–Kier alpha value is -3.40.